The number of rotatable bonds is 1. The Morgan fingerprint density at radius 2 is 1.77 bits per heavy atom. The molecule has 2 nitrogen and oxygen atoms in total. The van der Waals surface area contributed by atoms with Crippen LogP contribution in [0.1, 0.15) is 46.0 Å². The molecule has 2 saturated heterocycles. The molecule has 2 aliphatic rings. The second-order valence-corrected chi connectivity index (χ2v) is 4.73. The molecule has 0 unspecified atom stereocenters. The van der Waals surface area contributed by atoms with E-state index < -0.39 is 0 Å². The van der Waals surface area contributed by atoms with Gasteiger partial charge in [-0.05, 0) is 26.7 Å². The van der Waals surface area contributed by atoms with Crippen LogP contribution in [0, 0.1) is 0 Å². The number of ketones is 1. The van der Waals surface area contributed by atoms with E-state index in [9.17, 15) is 4.79 Å². The number of hydrogen-bond acceptors (Lipinski definition) is 2. The molecule has 13 heavy (non-hydrogen) atoms. The van der Waals surface area contributed by atoms with Crippen molar-refractivity contribution in [3.05, 3.63) is 0 Å². The van der Waals surface area contributed by atoms with Gasteiger partial charge in [-0.2, -0.15) is 0 Å². The van der Waals surface area contributed by atoms with E-state index in [0.717, 1.165) is 12.8 Å². The average Bonchev–Trinajstić information content (AvgIpc) is 2.01. The zero-order valence-electron chi connectivity index (χ0n) is 8.62. The lowest BCUT2D eigenvalue weighted by Crippen LogP contribution is -2.55. The summed E-state index contributed by atoms with van der Waals surface area (Å²) < 4.78 is 0. The molecule has 2 bridgehead atoms. The van der Waals surface area contributed by atoms with Crippen LogP contribution >= 0.6 is 0 Å². The van der Waals surface area contributed by atoms with Crippen LogP contribution in [-0.2, 0) is 4.79 Å². The van der Waals surface area contributed by atoms with Crippen molar-refractivity contribution in [3.8, 4) is 0 Å². The molecule has 0 aromatic carbocycles. The van der Waals surface area contributed by atoms with Crippen LogP contribution in [0.3, 0.4) is 0 Å². The van der Waals surface area contributed by atoms with Crippen LogP contribution in [0.5, 0.6) is 0 Å². The van der Waals surface area contributed by atoms with Crippen molar-refractivity contribution in [2.24, 2.45) is 0 Å². The quantitative estimate of drug-likeness (QED) is 0.616. The number of piperidine rings is 2. The second-order valence-electron chi connectivity index (χ2n) is 4.73. The molecule has 2 fully saturated rings. The third kappa shape index (κ3) is 1.64. The van der Waals surface area contributed by atoms with Crippen LogP contribution in [0.15, 0.2) is 0 Å². The Labute approximate surface area is 80.3 Å². The van der Waals surface area contributed by atoms with Gasteiger partial charge in [-0.15, -0.1) is 0 Å². The van der Waals surface area contributed by atoms with E-state index in [1.54, 1.807) is 0 Å². The number of hydrogen-bond donors (Lipinski definition) is 0. The molecule has 0 N–H and O–H groups in total. The van der Waals surface area contributed by atoms with Crippen LogP contribution in [0.4, 0.5) is 0 Å². The number of carbonyl (C=O) groups is 1. The Hall–Kier alpha value is -0.370. The van der Waals surface area contributed by atoms with Gasteiger partial charge in [-0.25, -0.2) is 0 Å². The highest BCUT2D eigenvalue weighted by Gasteiger charge is 2.38. The number of nitrogens with zero attached hydrogens (tertiary/aromatic N) is 1. The molecule has 2 rings (SSSR count). The summed E-state index contributed by atoms with van der Waals surface area (Å²) in [5.41, 5.74) is 0. The van der Waals surface area contributed by atoms with Gasteiger partial charge in [0, 0.05) is 31.0 Å². The molecular weight excluding hydrogens is 162 g/mol. The first-order chi connectivity index (χ1) is 6.18. The largest absolute Gasteiger partial charge is 0.300 e. The van der Waals surface area contributed by atoms with Crippen molar-refractivity contribution in [1.29, 1.82) is 0 Å². The van der Waals surface area contributed by atoms with Gasteiger partial charge in [0.05, 0.1) is 0 Å². The zero-order valence-corrected chi connectivity index (χ0v) is 8.62. The van der Waals surface area contributed by atoms with Crippen LogP contribution in [0.25, 0.3) is 0 Å². The van der Waals surface area contributed by atoms with Gasteiger partial charge in [0.25, 0.3) is 0 Å². The molecule has 0 saturated carbocycles. The van der Waals surface area contributed by atoms with Crippen molar-refractivity contribution >= 4 is 5.78 Å². The number of carbonyl (C=O) groups excluding carboxylic acids is 1. The first kappa shape index (κ1) is 9.20. The fraction of sp³-hybridized carbons (Fsp3) is 0.909. The van der Waals surface area contributed by atoms with Gasteiger partial charge < -0.3 is 0 Å². The lowest BCUT2D eigenvalue weighted by Gasteiger charge is -2.47. The highest BCUT2D eigenvalue weighted by atomic mass is 16.1. The Morgan fingerprint density at radius 3 is 2.23 bits per heavy atom. The summed E-state index contributed by atoms with van der Waals surface area (Å²) in [6.07, 6.45) is 5.43. The molecule has 0 aromatic heterocycles. The fourth-order valence-corrected chi connectivity index (χ4v) is 3.05. The van der Waals surface area contributed by atoms with Gasteiger partial charge in [0.2, 0.25) is 0 Å². The van der Waals surface area contributed by atoms with Crippen LogP contribution in [-0.4, -0.2) is 28.8 Å². The van der Waals surface area contributed by atoms with Crippen molar-refractivity contribution in [3.63, 3.8) is 0 Å². The molecule has 0 spiro atoms. The normalized spacial score (nSPS) is 35.5. The van der Waals surface area contributed by atoms with Gasteiger partial charge >= 0.3 is 0 Å². The number of fused-ring (bicyclic) bond motifs is 2. The van der Waals surface area contributed by atoms with Crippen molar-refractivity contribution in [1.82, 2.24) is 4.90 Å². The summed E-state index contributed by atoms with van der Waals surface area (Å²) >= 11 is 0. The summed E-state index contributed by atoms with van der Waals surface area (Å²) in [5.74, 6) is 0.492. The van der Waals surface area contributed by atoms with Crippen molar-refractivity contribution in [2.75, 3.05) is 0 Å². The maximum atomic E-state index is 11.4. The molecule has 2 heterocycles. The van der Waals surface area contributed by atoms with E-state index in [2.05, 4.69) is 18.7 Å². The fourth-order valence-electron chi connectivity index (χ4n) is 3.05. The third-order valence-electron chi connectivity index (χ3n) is 3.44. The predicted octanol–water partition coefficient (Wildman–Crippen LogP) is 1.98. The zero-order chi connectivity index (χ0) is 9.42. The summed E-state index contributed by atoms with van der Waals surface area (Å²) in [6.45, 7) is 4.50. The Morgan fingerprint density at radius 1 is 1.23 bits per heavy atom. The molecule has 0 amide bonds. The minimum Gasteiger partial charge on any atom is -0.300 e. The van der Waals surface area contributed by atoms with Gasteiger partial charge in [-0.3, -0.25) is 9.69 Å². The van der Waals surface area contributed by atoms with E-state index in [4.69, 9.17) is 0 Å². The van der Waals surface area contributed by atoms with E-state index in [-0.39, 0.29) is 0 Å². The topological polar surface area (TPSA) is 20.3 Å². The smallest absolute Gasteiger partial charge is 0.136 e. The Bertz CT molecular complexity index is 196. The summed E-state index contributed by atoms with van der Waals surface area (Å²) in [4.78, 5) is 14.0. The summed E-state index contributed by atoms with van der Waals surface area (Å²) in [7, 11) is 0. The molecule has 2 heteroatoms. The first-order valence-electron chi connectivity index (χ1n) is 5.47. The first-order valence-corrected chi connectivity index (χ1v) is 5.47. The molecule has 0 aliphatic carbocycles. The monoisotopic (exact) mass is 181 g/mol. The SMILES string of the molecule is CC(C)N1[C@@H]2CCC[C@H]1CC(=O)C2. The summed E-state index contributed by atoms with van der Waals surface area (Å²) in [6, 6.07) is 1.75. The summed E-state index contributed by atoms with van der Waals surface area (Å²) in [5, 5.41) is 0. The molecule has 0 aromatic rings. The Kier molecular flexibility index (Phi) is 2.41. The lowest BCUT2D eigenvalue weighted by atomic mass is 9.83. The third-order valence-corrected chi connectivity index (χ3v) is 3.44. The predicted molar refractivity (Wildman–Crippen MR) is 52.6 cm³/mol. The molecule has 0 radical (unpaired) electrons. The van der Waals surface area contributed by atoms with Crippen molar-refractivity contribution in [2.45, 2.75) is 64.1 Å². The van der Waals surface area contributed by atoms with Gasteiger partial charge in [0.15, 0.2) is 0 Å². The highest BCUT2D eigenvalue weighted by molar-refractivity contribution is 5.80. The molecule has 74 valence electrons. The molecular formula is C11H19NO. The minimum atomic E-state index is 0.492. The van der Waals surface area contributed by atoms with Gasteiger partial charge in [-0.1, -0.05) is 6.42 Å². The highest BCUT2D eigenvalue weighted by Crippen LogP contribution is 2.33. The van der Waals surface area contributed by atoms with Crippen LogP contribution in [0.2, 0.25) is 0 Å². The maximum Gasteiger partial charge on any atom is 0.136 e. The lowest BCUT2D eigenvalue weighted by molar-refractivity contribution is -0.128. The average molecular weight is 181 g/mol. The van der Waals surface area contributed by atoms with Gasteiger partial charge in [0.1, 0.15) is 5.78 Å². The van der Waals surface area contributed by atoms with E-state index in [1.165, 1.54) is 19.3 Å². The van der Waals surface area contributed by atoms with E-state index >= 15 is 0 Å². The Balaban J connectivity index is 2.14. The minimum absolute atomic E-state index is 0.492. The van der Waals surface area contributed by atoms with E-state index in [1.807, 2.05) is 0 Å². The maximum absolute atomic E-state index is 11.4. The number of Topliss-reactive ketones (excluding diaryl/α,β-unsaturated/α-hetero) is 1. The second kappa shape index (κ2) is 3.41. The molecule has 2 aliphatic heterocycles. The van der Waals surface area contributed by atoms with Crippen LogP contribution < -0.4 is 0 Å². The standard InChI is InChI=1S/C11H19NO/c1-8(2)12-9-4-3-5-10(12)7-11(13)6-9/h8-10H,3-7H2,1-2H3/t9-,10+. The molecule has 2 atom stereocenters. The van der Waals surface area contributed by atoms with Crippen molar-refractivity contribution < 1.29 is 4.79 Å². The van der Waals surface area contributed by atoms with E-state index in [0.29, 0.717) is 23.9 Å².